The van der Waals surface area contributed by atoms with Crippen molar-refractivity contribution < 1.29 is 9.84 Å². The molecule has 1 fully saturated rings. The zero-order chi connectivity index (χ0) is 13.7. The molecule has 0 bridgehead atoms. The van der Waals surface area contributed by atoms with Crippen LogP contribution in [0.3, 0.4) is 0 Å². The average molecular weight is 284 g/mol. The molecule has 1 aliphatic rings. The van der Waals surface area contributed by atoms with Crippen LogP contribution < -0.4 is 0 Å². The van der Waals surface area contributed by atoms with E-state index in [0.29, 0.717) is 10.9 Å². The number of benzene rings is 1. The van der Waals surface area contributed by atoms with Crippen LogP contribution in [0, 0.1) is 5.92 Å². The first kappa shape index (κ1) is 14.8. The van der Waals surface area contributed by atoms with Crippen molar-refractivity contribution in [2.45, 2.75) is 18.9 Å². The van der Waals surface area contributed by atoms with Crippen LogP contribution in [0.2, 0.25) is 5.02 Å². The molecule has 4 heteroatoms. The van der Waals surface area contributed by atoms with Gasteiger partial charge in [-0.2, -0.15) is 0 Å². The first-order valence-corrected chi connectivity index (χ1v) is 7.21. The van der Waals surface area contributed by atoms with Gasteiger partial charge in [0.05, 0.1) is 12.7 Å². The van der Waals surface area contributed by atoms with Gasteiger partial charge in [0, 0.05) is 25.2 Å². The smallest absolute Gasteiger partial charge is 0.0802 e. The highest BCUT2D eigenvalue weighted by Gasteiger charge is 2.22. The van der Waals surface area contributed by atoms with E-state index >= 15 is 0 Å². The predicted molar refractivity (Wildman–Crippen MR) is 77.5 cm³/mol. The van der Waals surface area contributed by atoms with Crippen molar-refractivity contribution in [2.24, 2.45) is 5.92 Å². The van der Waals surface area contributed by atoms with E-state index in [-0.39, 0.29) is 0 Å². The molecule has 19 heavy (non-hydrogen) atoms. The van der Waals surface area contributed by atoms with Gasteiger partial charge >= 0.3 is 0 Å². The van der Waals surface area contributed by atoms with E-state index < -0.39 is 6.10 Å². The highest BCUT2D eigenvalue weighted by atomic mass is 35.5. The molecule has 1 heterocycles. The van der Waals surface area contributed by atoms with Gasteiger partial charge < -0.3 is 14.7 Å². The maximum absolute atomic E-state index is 10.1. The number of ether oxygens (including phenoxy) is 1. The van der Waals surface area contributed by atoms with Crippen LogP contribution in [0.25, 0.3) is 0 Å². The van der Waals surface area contributed by atoms with Crippen molar-refractivity contribution >= 4 is 11.6 Å². The fourth-order valence-corrected chi connectivity index (χ4v) is 2.77. The number of hydrogen-bond acceptors (Lipinski definition) is 3. The first-order valence-electron chi connectivity index (χ1n) is 6.84. The lowest BCUT2D eigenvalue weighted by molar-refractivity contribution is 0.137. The molecule has 1 aromatic carbocycles. The summed E-state index contributed by atoms with van der Waals surface area (Å²) in [4.78, 5) is 2.41. The number of aliphatic hydroxyl groups is 1. The molecule has 0 amide bonds. The third-order valence-corrected chi connectivity index (χ3v) is 4.00. The summed E-state index contributed by atoms with van der Waals surface area (Å²) in [5, 5.41) is 10.9. The summed E-state index contributed by atoms with van der Waals surface area (Å²) in [6.07, 6.45) is 1.56. The van der Waals surface area contributed by atoms with Crippen LogP contribution in [0.5, 0.6) is 0 Å². The van der Waals surface area contributed by atoms with Crippen molar-refractivity contribution in [3.05, 3.63) is 34.9 Å². The molecule has 0 aromatic heterocycles. The lowest BCUT2D eigenvalue weighted by Gasteiger charge is -2.18. The quantitative estimate of drug-likeness (QED) is 0.871. The molecule has 0 aliphatic carbocycles. The molecule has 0 spiro atoms. The van der Waals surface area contributed by atoms with Crippen LogP contribution >= 0.6 is 11.6 Å². The number of rotatable bonds is 6. The molecule has 106 valence electrons. The second kappa shape index (κ2) is 7.25. The maximum Gasteiger partial charge on any atom is 0.0802 e. The van der Waals surface area contributed by atoms with Crippen LogP contribution in [-0.2, 0) is 4.74 Å². The Hall–Kier alpha value is -0.610. The lowest BCUT2D eigenvalue weighted by Crippen LogP contribution is -2.24. The molecule has 0 saturated carbocycles. The van der Waals surface area contributed by atoms with E-state index in [1.54, 1.807) is 7.11 Å². The number of hydrogen-bond donors (Lipinski definition) is 1. The fourth-order valence-electron chi connectivity index (χ4n) is 2.64. The Bertz CT molecular complexity index is 382. The summed E-state index contributed by atoms with van der Waals surface area (Å²) < 4.78 is 5.19. The highest BCUT2D eigenvalue weighted by Crippen LogP contribution is 2.22. The summed E-state index contributed by atoms with van der Waals surface area (Å²) in [5.74, 6) is 0.651. The van der Waals surface area contributed by atoms with Crippen LogP contribution in [0.15, 0.2) is 24.3 Å². The largest absolute Gasteiger partial charge is 0.388 e. The van der Waals surface area contributed by atoms with E-state index in [1.807, 2.05) is 24.3 Å². The molecular weight excluding hydrogens is 262 g/mol. The van der Waals surface area contributed by atoms with Crippen molar-refractivity contribution in [1.29, 1.82) is 0 Å². The molecule has 2 atom stereocenters. The van der Waals surface area contributed by atoms with E-state index in [1.165, 1.54) is 6.42 Å². The monoisotopic (exact) mass is 283 g/mol. The second-order valence-corrected chi connectivity index (χ2v) is 5.70. The number of halogens is 1. The number of likely N-dealkylation sites (tertiary alicyclic amines) is 1. The van der Waals surface area contributed by atoms with E-state index in [2.05, 4.69) is 4.90 Å². The van der Waals surface area contributed by atoms with Crippen LogP contribution in [0.1, 0.15) is 24.5 Å². The van der Waals surface area contributed by atoms with Gasteiger partial charge in [-0.1, -0.05) is 23.7 Å². The molecular formula is C15H22ClNO2. The zero-order valence-electron chi connectivity index (χ0n) is 11.4. The van der Waals surface area contributed by atoms with Gasteiger partial charge in [0.15, 0.2) is 0 Å². The SMILES string of the molecule is COCC1CCN(CCC(O)c2ccc(Cl)cc2)C1. The van der Waals surface area contributed by atoms with Crippen molar-refractivity contribution in [3.63, 3.8) is 0 Å². The van der Waals surface area contributed by atoms with E-state index in [4.69, 9.17) is 16.3 Å². The van der Waals surface area contributed by atoms with Gasteiger partial charge in [0.2, 0.25) is 0 Å². The Morgan fingerprint density at radius 3 is 2.84 bits per heavy atom. The van der Waals surface area contributed by atoms with Crippen molar-refractivity contribution in [3.8, 4) is 0 Å². The Morgan fingerprint density at radius 1 is 1.42 bits per heavy atom. The summed E-state index contributed by atoms with van der Waals surface area (Å²) in [5.41, 5.74) is 0.942. The standard InChI is InChI=1S/C15H22ClNO2/c1-19-11-12-6-8-17(10-12)9-7-15(18)13-2-4-14(16)5-3-13/h2-5,12,15,18H,6-11H2,1H3. The zero-order valence-corrected chi connectivity index (χ0v) is 12.1. The molecule has 1 aliphatic heterocycles. The molecule has 3 nitrogen and oxygen atoms in total. The van der Waals surface area contributed by atoms with Gasteiger partial charge in [-0.25, -0.2) is 0 Å². The van der Waals surface area contributed by atoms with E-state index in [0.717, 1.165) is 38.2 Å². The summed E-state index contributed by atoms with van der Waals surface area (Å²) in [6.45, 7) is 3.97. The third-order valence-electron chi connectivity index (χ3n) is 3.75. The van der Waals surface area contributed by atoms with Gasteiger partial charge in [-0.05, 0) is 43.0 Å². The maximum atomic E-state index is 10.1. The number of nitrogens with zero attached hydrogens (tertiary/aromatic N) is 1. The van der Waals surface area contributed by atoms with Crippen molar-refractivity contribution in [1.82, 2.24) is 4.90 Å². The molecule has 1 N–H and O–H groups in total. The van der Waals surface area contributed by atoms with Crippen molar-refractivity contribution in [2.75, 3.05) is 33.4 Å². The first-order chi connectivity index (χ1) is 9.19. The Labute approximate surface area is 120 Å². The minimum atomic E-state index is -0.404. The van der Waals surface area contributed by atoms with Crippen LogP contribution in [-0.4, -0.2) is 43.4 Å². The highest BCUT2D eigenvalue weighted by molar-refractivity contribution is 6.30. The topological polar surface area (TPSA) is 32.7 Å². The Morgan fingerprint density at radius 2 is 2.16 bits per heavy atom. The molecule has 0 radical (unpaired) electrons. The molecule has 2 unspecified atom stereocenters. The van der Waals surface area contributed by atoms with Crippen LogP contribution in [0.4, 0.5) is 0 Å². The number of methoxy groups -OCH3 is 1. The molecule has 2 rings (SSSR count). The Balaban J connectivity index is 1.75. The lowest BCUT2D eigenvalue weighted by atomic mass is 10.1. The minimum Gasteiger partial charge on any atom is -0.388 e. The Kier molecular flexibility index (Phi) is 5.64. The molecule has 1 aromatic rings. The van der Waals surface area contributed by atoms with E-state index in [9.17, 15) is 5.11 Å². The molecule has 1 saturated heterocycles. The van der Waals surface area contributed by atoms with Gasteiger partial charge in [0.25, 0.3) is 0 Å². The third kappa shape index (κ3) is 4.46. The van der Waals surface area contributed by atoms with Gasteiger partial charge in [0.1, 0.15) is 0 Å². The second-order valence-electron chi connectivity index (χ2n) is 5.27. The number of aliphatic hydroxyl groups excluding tert-OH is 1. The summed E-state index contributed by atoms with van der Waals surface area (Å²) in [6, 6.07) is 7.44. The average Bonchev–Trinajstić information content (AvgIpc) is 2.85. The van der Waals surface area contributed by atoms with Gasteiger partial charge in [-0.15, -0.1) is 0 Å². The predicted octanol–water partition coefficient (Wildman–Crippen LogP) is 2.73. The fraction of sp³-hybridized carbons (Fsp3) is 0.600. The summed E-state index contributed by atoms with van der Waals surface area (Å²) in [7, 11) is 1.76. The normalized spacial score (nSPS) is 21.7. The minimum absolute atomic E-state index is 0.404. The summed E-state index contributed by atoms with van der Waals surface area (Å²) >= 11 is 5.84. The van der Waals surface area contributed by atoms with Gasteiger partial charge in [-0.3, -0.25) is 0 Å².